The summed E-state index contributed by atoms with van der Waals surface area (Å²) in [6, 6.07) is 0. The number of aldehydes is 1. The van der Waals surface area contributed by atoms with E-state index in [9.17, 15) is 4.79 Å². The Morgan fingerprint density at radius 1 is 1.44 bits per heavy atom. The van der Waals surface area contributed by atoms with Gasteiger partial charge in [0.05, 0.1) is 0 Å². The van der Waals surface area contributed by atoms with Gasteiger partial charge in [0.1, 0.15) is 6.29 Å². The van der Waals surface area contributed by atoms with E-state index in [0.29, 0.717) is 6.42 Å². The van der Waals surface area contributed by atoms with E-state index in [1.54, 1.807) is 0 Å². The van der Waals surface area contributed by atoms with Crippen LogP contribution in [-0.4, -0.2) is 31.8 Å². The second-order valence-electron chi connectivity index (χ2n) is 2.11. The zero-order valence-corrected chi connectivity index (χ0v) is 6.78. The monoisotopic (exact) mass is 151 g/mol. The molecule has 0 spiro atoms. The second-order valence-corrected chi connectivity index (χ2v) is 2.11. The topological polar surface area (TPSA) is 20.3 Å². The summed E-state index contributed by atoms with van der Waals surface area (Å²) >= 11 is 0. The minimum Gasteiger partial charge on any atom is -0.309 e. The molecular weight excluding hydrogens is 138 g/mol. The van der Waals surface area contributed by atoms with Gasteiger partial charge >= 0.3 is 0 Å². The van der Waals surface area contributed by atoms with Crippen LogP contribution in [0.1, 0.15) is 12.8 Å². The molecule has 0 aromatic carbocycles. The number of carbonyl (C=O) groups excluding carboxylic acids is 1. The molecule has 3 heteroatoms. The summed E-state index contributed by atoms with van der Waals surface area (Å²) in [5.74, 6) is 0. The molecule has 0 N–H and O–H groups in total. The fourth-order valence-electron chi connectivity index (χ4n) is 0.491. The highest BCUT2D eigenvalue weighted by atomic mass is 35.5. The Balaban J connectivity index is 0. The third-order valence-corrected chi connectivity index (χ3v) is 0.927. The van der Waals surface area contributed by atoms with Gasteiger partial charge < -0.3 is 9.69 Å². The first-order valence-corrected chi connectivity index (χ1v) is 2.85. The Hall–Kier alpha value is -0.0800. The van der Waals surface area contributed by atoms with Crippen LogP contribution in [0.15, 0.2) is 0 Å². The first kappa shape index (κ1) is 11.7. The second kappa shape index (κ2) is 7.92. The fourth-order valence-corrected chi connectivity index (χ4v) is 0.491. The first-order valence-electron chi connectivity index (χ1n) is 2.85. The van der Waals surface area contributed by atoms with Gasteiger partial charge in [0.15, 0.2) is 0 Å². The smallest absolute Gasteiger partial charge is 0.120 e. The minimum atomic E-state index is 0. The molecule has 0 aliphatic heterocycles. The first-order chi connectivity index (χ1) is 3.77. The average Bonchev–Trinajstić information content (AvgIpc) is 1.66. The molecule has 0 amide bonds. The standard InChI is InChI=1S/C6H13NO.ClH/c1-7(2)5-3-4-6-8;/h6H,3-5H2,1-2H3;1H. The van der Waals surface area contributed by atoms with Gasteiger partial charge in [-0.1, -0.05) is 0 Å². The van der Waals surface area contributed by atoms with Crippen LogP contribution in [0.5, 0.6) is 0 Å². The Kier molecular flexibility index (Phi) is 10.3. The highest BCUT2D eigenvalue weighted by Gasteiger charge is 1.86. The molecule has 56 valence electrons. The summed E-state index contributed by atoms with van der Waals surface area (Å²) in [4.78, 5) is 11.8. The number of rotatable bonds is 4. The van der Waals surface area contributed by atoms with Gasteiger partial charge in [0.25, 0.3) is 0 Å². The number of halogens is 1. The molecule has 0 saturated heterocycles. The van der Waals surface area contributed by atoms with E-state index in [1.165, 1.54) is 0 Å². The molecule has 0 fully saturated rings. The molecule has 0 aromatic heterocycles. The molecule has 0 rings (SSSR count). The molecule has 0 saturated carbocycles. The predicted octanol–water partition coefficient (Wildman–Crippen LogP) is 0.949. The summed E-state index contributed by atoms with van der Waals surface area (Å²) in [5.41, 5.74) is 0. The van der Waals surface area contributed by atoms with Crippen molar-refractivity contribution in [1.82, 2.24) is 4.90 Å². The lowest BCUT2D eigenvalue weighted by Crippen LogP contribution is -2.12. The zero-order valence-electron chi connectivity index (χ0n) is 5.96. The van der Waals surface area contributed by atoms with E-state index in [1.807, 2.05) is 14.1 Å². The Labute approximate surface area is 62.6 Å². The predicted molar refractivity (Wildman–Crippen MR) is 41.1 cm³/mol. The zero-order chi connectivity index (χ0) is 6.41. The summed E-state index contributed by atoms with van der Waals surface area (Å²) in [5, 5.41) is 0. The molecule has 0 aromatic rings. The number of carbonyl (C=O) groups is 1. The third kappa shape index (κ3) is 11.5. The minimum absolute atomic E-state index is 0. The molecule has 0 radical (unpaired) electrons. The number of unbranched alkanes of at least 4 members (excludes halogenated alkanes) is 1. The molecule has 0 aliphatic rings. The maximum atomic E-state index is 9.77. The maximum absolute atomic E-state index is 9.77. The van der Waals surface area contributed by atoms with Gasteiger partial charge in [-0.05, 0) is 27.1 Å². The van der Waals surface area contributed by atoms with Gasteiger partial charge in [0.2, 0.25) is 0 Å². The van der Waals surface area contributed by atoms with E-state index in [-0.39, 0.29) is 12.4 Å². The highest BCUT2D eigenvalue weighted by molar-refractivity contribution is 5.85. The lowest BCUT2D eigenvalue weighted by Gasteiger charge is -2.05. The van der Waals surface area contributed by atoms with Crippen molar-refractivity contribution in [2.45, 2.75) is 12.8 Å². The van der Waals surface area contributed by atoms with Crippen molar-refractivity contribution < 1.29 is 4.79 Å². The molecule has 0 atom stereocenters. The van der Waals surface area contributed by atoms with Crippen molar-refractivity contribution in [3.8, 4) is 0 Å². The van der Waals surface area contributed by atoms with E-state index in [2.05, 4.69) is 4.90 Å². The van der Waals surface area contributed by atoms with Crippen LogP contribution in [0.2, 0.25) is 0 Å². The summed E-state index contributed by atoms with van der Waals surface area (Å²) in [6.07, 6.45) is 2.64. The number of hydrogen-bond acceptors (Lipinski definition) is 2. The van der Waals surface area contributed by atoms with Crippen LogP contribution in [0.3, 0.4) is 0 Å². The highest BCUT2D eigenvalue weighted by Crippen LogP contribution is 1.84. The van der Waals surface area contributed by atoms with Crippen LogP contribution in [0.25, 0.3) is 0 Å². The number of hydrogen-bond donors (Lipinski definition) is 0. The largest absolute Gasteiger partial charge is 0.309 e. The van der Waals surface area contributed by atoms with Crippen LogP contribution < -0.4 is 0 Å². The third-order valence-electron chi connectivity index (χ3n) is 0.927. The van der Waals surface area contributed by atoms with E-state index >= 15 is 0 Å². The van der Waals surface area contributed by atoms with Crippen molar-refractivity contribution in [3.05, 3.63) is 0 Å². The summed E-state index contributed by atoms with van der Waals surface area (Å²) in [7, 11) is 4.01. The SMILES string of the molecule is CN(C)CCCC=O.Cl. The average molecular weight is 152 g/mol. The lowest BCUT2D eigenvalue weighted by atomic mass is 10.3. The van der Waals surface area contributed by atoms with Crippen molar-refractivity contribution in [2.75, 3.05) is 20.6 Å². The maximum Gasteiger partial charge on any atom is 0.120 e. The lowest BCUT2D eigenvalue weighted by molar-refractivity contribution is -0.107. The summed E-state index contributed by atoms with van der Waals surface area (Å²) in [6.45, 7) is 1.01. The molecule has 9 heavy (non-hydrogen) atoms. The van der Waals surface area contributed by atoms with Gasteiger partial charge in [-0.25, -0.2) is 0 Å². The van der Waals surface area contributed by atoms with Gasteiger partial charge in [-0.3, -0.25) is 0 Å². The van der Waals surface area contributed by atoms with Crippen LogP contribution in [-0.2, 0) is 4.79 Å². The molecule has 0 heterocycles. The molecule has 0 bridgehead atoms. The van der Waals surface area contributed by atoms with E-state index < -0.39 is 0 Å². The number of nitrogens with zero attached hydrogens (tertiary/aromatic N) is 1. The van der Waals surface area contributed by atoms with E-state index in [0.717, 1.165) is 19.3 Å². The molecule has 2 nitrogen and oxygen atoms in total. The van der Waals surface area contributed by atoms with Crippen LogP contribution in [0, 0.1) is 0 Å². The molecule has 0 unspecified atom stereocenters. The van der Waals surface area contributed by atoms with Gasteiger partial charge in [-0.15, -0.1) is 12.4 Å². The quantitative estimate of drug-likeness (QED) is 0.441. The van der Waals surface area contributed by atoms with Crippen molar-refractivity contribution in [1.29, 1.82) is 0 Å². The van der Waals surface area contributed by atoms with Crippen LogP contribution >= 0.6 is 12.4 Å². The van der Waals surface area contributed by atoms with Crippen molar-refractivity contribution >= 4 is 18.7 Å². The Morgan fingerprint density at radius 3 is 2.33 bits per heavy atom. The van der Waals surface area contributed by atoms with Crippen molar-refractivity contribution in [3.63, 3.8) is 0 Å². The summed E-state index contributed by atoms with van der Waals surface area (Å²) < 4.78 is 0. The van der Waals surface area contributed by atoms with E-state index in [4.69, 9.17) is 0 Å². The normalized spacial score (nSPS) is 8.78. The molecular formula is C6H14ClNO. The Bertz CT molecular complexity index is 66.1. The van der Waals surface area contributed by atoms with Crippen LogP contribution in [0.4, 0.5) is 0 Å². The molecule has 0 aliphatic carbocycles. The van der Waals surface area contributed by atoms with Gasteiger partial charge in [0, 0.05) is 6.42 Å². The fraction of sp³-hybridized carbons (Fsp3) is 0.833. The Morgan fingerprint density at radius 2 is 2.00 bits per heavy atom. The van der Waals surface area contributed by atoms with Gasteiger partial charge in [-0.2, -0.15) is 0 Å². The van der Waals surface area contributed by atoms with Crippen molar-refractivity contribution in [2.24, 2.45) is 0 Å².